The summed E-state index contributed by atoms with van der Waals surface area (Å²) < 4.78 is 5.60. The van der Waals surface area contributed by atoms with Crippen LogP contribution in [0.15, 0.2) is 0 Å². The number of hydrogen-bond donors (Lipinski definition) is 2. The molecule has 1 fully saturated rings. The molecule has 1 aliphatic carbocycles. The minimum absolute atomic E-state index is 0.0489. The fourth-order valence-corrected chi connectivity index (χ4v) is 2.28. The van der Waals surface area contributed by atoms with E-state index in [1.165, 1.54) is 0 Å². The van der Waals surface area contributed by atoms with E-state index in [1.54, 1.807) is 0 Å². The van der Waals surface area contributed by atoms with Crippen molar-refractivity contribution in [1.82, 2.24) is 5.32 Å². The summed E-state index contributed by atoms with van der Waals surface area (Å²) in [6.45, 7) is 11.4. The highest BCUT2D eigenvalue weighted by Crippen LogP contribution is 2.49. The molecular formula is C13H26N2O2. The number of carbonyl (C=O) groups is 1. The van der Waals surface area contributed by atoms with Crippen LogP contribution in [-0.4, -0.2) is 30.7 Å². The standard InChI is InChI=1S/C13H26N2O2/c1-6-17-10-7-13(14,12(10,4)5)11(16)15-8-9(2)3/h9-10H,6-8,14H2,1-5H3,(H,15,16). The third-order valence-electron chi connectivity index (χ3n) is 3.91. The fourth-order valence-electron chi connectivity index (χ4n) is 2.28. The van der Waals surface area contributed by atoms with E-state index in [0.29, 0.717) is 25.5 Å². The summed E-state index contributed by atoms with van der Waals surface area (Å²) in [7, 11) is 0. The van der Waals surface area contributed by atoms with Gasteiger partial charge in [-0.1, -0.05) is 27.7 Å². The van der Waals surface area contributed by atoms with E-state index >= 15 is 0 Å². The van der Waals surface area contributed by atoms with Gasteiger partial charge in [0.1, 0.15) is 5.54 Å². The highest BCUT2D eigenvalue weighted by Gasteiger charge is 2.62. The summed E-state index contributed by atoms with van der Waals surface area (Å²) in [6, 6.07) is 0. The Labute approximate surface area is 104 Å². The van der Waals surface area contributed by atoms with Crippen molar-refractivity contribution in [2.45, 2.75) is 52.7 Å². The third-order valence-corrected chi connectivity index (χ3v) is 3.91. The quantitative estimate of drug-likeness (QED) is 0.763. The van der Waals surface area contributed by atoms with Gasteiger partial charge in [0.2, 0.25) is 5.91 Å². The van der Waals surface area contributed by atoms with Gasteiger partial charge in [-0.2, -0.15) is 0 Å². The van der Waals surface area contributed by atoms with Gasteiger partial charge in [0.15, 0.2) is 0 Å². The Kier molecular flexibility index (Phi) is 4.20. The smallest absolute Gasteiger partial charge is 0.240 e. The summed E-state index contributed by atoms with van der Waals surface area (Å²) in [6.07, 6.45) is 0.694. The van der Waals surface area contributed by atoms with Gasteiger partial charge < -0.3 is 15.8 Å². The number of nitrogens with one attached hydrogen (secondary N) is 1. The van der Waals surface area contributed by atoms with E-state index in [0.717, 1.165) is 0 Å². The van der Waals surface area contributed by atoms with E-state index < -0.39 is 5.54 Å². The maximum Gasteiger partial charge on any atom is 0.240 e. The SMILES string of the molecule is CCOC1CC(N)(C(=O)NCC(C)C)C1(C)C. The Balaban J connectivity index is 2.62. The van der Waals surface area contributed by atoms with Crippen molar-refractivity contribution in [3.63, 3.8) is 0 Å². The van der Waals surface area contributed by atoms with Gasteiger partial charge in [-0.3, -0.25) is 4.79 Å². The normalized spacial score (nSPS) is 31.1. The van der Waals surface area contributed by atoms with Gasteiger partial charge in [0.25, 0.3) is 0 Å². The first kappa shape index (κ1) is 14.5. The van der Waals surface area contributed by atoms with Crippen LogP contribution in [0.2, 0.25) is 0 Å². The first-order valence-electron chi connectivity index (χ1n) is 6.44. The Morgan fingerprint density at radius 2 is 2.12 bits per heavy atom. The molecular weight excluding hydrogens is 216 g/mol. The average molecular weight is 242 g/mol. The van der Waals surface area contributed by atoms with E-state index in [1.807, 2.05) is 20.8 Å². The Morgan fingerprint density at radius 3 is 2.53 bits per heavy atom. The van der Waals surface area contributed by atoms with Gasteiger partial charge in [-0.15, -0.1) is 0 Å². The number of hydrogen-bond acceptors (Lipinski definition) is 3. The number of rotatable bonds is 5. The zero-order chi connectivity index (χ0) is 13.3. The van der Waals surface area contributed by atoms with Gasteiger partial charge >= 0.3 is 0 Å². The molecule has 0 heterocycles. The fraction of sp³-hybridized carbons (Fsp3) is 0.923. The summed E-state index contributed by atoms with van der Waals surface area (Å²) in [5.41, 5.74) is 5.15. The molecule has 0 aliphatic heterocycles. The molecule has 0 aromatic carbocycles. The Hall–Kier alpha value is -0.610. The molecule has 1 saturated carbocycles. The van der Waals surface area contributed by atoms with Crippen LogP contribution in [0, 0.1) is 11.3 Å². The van der Waals surface area contributed by atoms with Crippen LogP contribution >= 0.6 is 0 Å². The lowest BCUT2D eigenvalue weighted by Gasteiger charge is -2.57. The van der Waals surface area contributed by atoms with Gasteiger partial charge in [0, 0.05) is 25.0 Å². The zero-order valence-corrected chi connectivity index (χ0v) is 11.7. The molecule has 1 rings (SSSR count). The predicted molar refractivity (Wildman–Crippen MR) is 68.6 cm³/mol. The molecule has 0 aromatic heterocycles. The molecule has 17 heavy (non-hydrogen) atoms. The van der Waals surface area contributed by atoms with Crippen molar-refractivity contribution in [3.05, 3.63) is 0 Å². The van der Waals surface area contributed by atoms with E-state index in [-0.39, 0.29) is 17.4 Å². The summed E-state index contributed by atoms with van der Waals surface area (Å²) in [5.74, 6) is 0.389. The number of nitrogens with two attached hydrogens (primary N) is 1. The van der Waals surface area contributed by atoms with Crippen LogP contribution < -0.4 is 11.1 Å². The maximum absolute atomic E-state index is 12.1. The zero-order valence-electron chi connectivity index (χ0n) is 11.7. The largest absolute Gasteiger partial charge is 0.378 e. The molecule has 0 saturated heterocycles. The molecule has 3 N–H and O–H groups in total. The van der Waals surface area contributed by atoms with Gasteiger partial charge in [-0.25, -0.2) is 0 Å². The van der Waals surface area contributed by atoms with Crippen molar-refractivity contribution in [2.24, 2.45) is 17.1 Å². The van der Waals surface area contributed by atoms with Gasteiger partial charge in [-0.05, 0) is 12.8 Å². The minimum Gasteiger partial charge on any atom is -0.378 e. The average Bonchev–Trinajstić information content (AvgIpc) is 2.25. The maximum atomic E-state index is 12.1. The van der Waals surface area contributed by atoms with Crippen LogP contribution in [-0.2, 0) is 9.53 Å². The predicted octanol–water partition coefficient (Wildman–Crippen LogP) is 1.29. The summed E-state index contributed by atoms with van der Waals surface area (Å²) in [4.78, 5) is 12.1. The number of carbonyl (C=O) groups excluding carboxylic acids is 1. The molecule has 100 valence electrons. The number of amides is 1. The summed E-state index contributed by atoms with van der Waals surface area (Å²) >= 11 is 0. The van der Waals surface area contributed by atoms with Crippen LogP contribution in [0.1, 0.15) is 41.0 Å². The molecule has 4 nitrogen and oxygen atoms in total. The van der Waals surface area contributed by atoms with Crippen LogP contribution in [0.4, 0.5) is 0 Å². The monoisotopic (exact) mass is 242 g/mol. The lowest BCUT2D eigenvalue weighted by molar-refractivity contribution is -0.170. The van der Waals surface area contributed by atoms with Crippen LogP contribution in [0.5, 0.6) is 0 Å². The van der Waals surface area contributed by atoms with Crippen molar-refractivity contribution < 1.29 is 9.53 Å². The van der Waals surface area contributed by atoms with E-state index in [9.17, 15) is 4.79 Å². The van der Waals surface area contributed by atoms with E-state index in [2.05, 4.69) is 19.2 Å². The molecule has 0 spiro atoms. The van der Waals surface area contributed by atoms with Crippen LogP contribution in [0.25, 0.3) is 0 Å². The second-order valence-electron chi connectivity index (χ2n) is 5.95. The highest BCUT2D eigenvalue weighted by atomic mass is 16.5. The van der Waals surface area contributed by atoms with Crippen LogP contribution in [0.3, 0.4) is 0 Å². The van der Waals surface area contributed by atoms with Gasteiger partial charge in [0.05, 0.1) is 6.10 Å². The summed E-state index contributed by atoms with van der Waals surface area (Å²) in [5, 5.41) is 2.92. The van der Waals surface area contributed by atoms with Crippen molar-refractivity contribution in [1.29, 1.82) is 0 Å². The Morgan fingerprint density at radius 1 is 1.53 bits per heavy atom. The van der Waals surface area contributed by atoms with Crippen molar-refractivity contribution in [2.75, 3.05) is 13.2 Å². The molecule has 0 aromatic rings. The Bertz CT molecular complexity index is 289. The minimum atomic E-state index is -0.790. The topological polar surface area (TPSA) is 64.3 Å². The second kappa shape index (κ2) is 4.94. The molecule has 2 unspecified atom stereocenters. The van der Waals surface area contributed by atoms with E-state index in [4.69, 9.17) is 10.5 Å². The molecule has 0 radical (unpaired) electrons. The molecule has 4 heteroatoms. The first-order chi connectivity index (χ1) is 7.75. The first-order valence-corrected chi connectivity index (χ1v) is 6.44. The number of ether oxygens (including phenoxy) is 1. The highest BCUT2D eigenvalue weighted by molar-refractivity contribution is 5.88. The third kappa shape index (κ3) is 2.47. The molecule has 1 aliphatic rings. The second-order valence-corrected chi connectivity index (χ2v) is 5.95. The molecule has 2 atom stereocenters. The molecule has 1 amide bonds. The van der Waals surface area contributed by atoms with Crippen molar-refractivity contribution >= 4 is 5.91 Å². The van der Waals surface area contributed by atoms with Crippen molar-refractivity contribution in [3.8, 4) is 0 Å². The lowest BCUT2D eigenvalue weighted by atomic mass is 9.54. The lowest BCUT2D eigenvalue weighted by Crippen LogP contribution is -2.75. The molecule has 0 bridgehead atoms.